The molecular weight excluding hydrogens is 182 g/mol. The van der Waals surface area contributed by atoms with Gasteiger partial charge in [0.05, 0.1) is 18.5 Å². The standard InChI is InChI=1S/C9H9N3O2/c13-6-7-5-10-11-12(7)8-3-1-2-4-9(8)14/h1-5,13-14H,6H2. The van der Waals surface area contributed by atoms with Crippen molar-refractivity contribution in [2.75, 3.05) is 0 Å². The van der Waals surface area contributed by atoms with Crippen molar-refractivity contribution in [3.63, 3.8) is 0 Å². The summed E-state index contributed by atoms with van der Waals surface area (Å²) in [6.45, 7) is -0.165. The number of hydrogen-bond donors (Lipinski definition) is 2. The highest BCUT2D eigenvalue weighted by Gasteiger charge is 2.07. The van der Waals surface area contributed by atoms with Crippen LogP contribution in [0.5, 0.6) is 5.75 Å². The number of benzene rings is 1. The summed E-state index contributed by atoms with van der Waals surface area (Å²) < 4.78 is 1.40. The Morgan fingerprint density at radius 3 is 2.79 bits per heavy atom. The van der Waals surface area contributed by atoms with Crippen molar-refractivity contribution >= 4 is 0 Å². The third-order valence-corrected chi connectivity index (χ3v) is 1.89. The molecule has 1 aromatic carbocycles. The van der Waals surface area contributed by atoms with Crippen LogP contribution in [0.1, 0.15) is 5.69 Å². The van der Waals surface area contributed by atoms with E-state index in [9.17, 15) is 5.11 Å². The summed E-state index contributed by atoms with van der Waals surface area (Å²) in [5.74, 6) is 0.104. The Morgan fingerprint density at radius 2 is 2.07 bits per heavy atom. The lowest BCUT2D eigenvalue weighted by Gasteiger charge is -2.05. The van der Waals surface area contributed by atoms with Crippen molar-refractivity contribution in [1.82, 2.24) is 15.0 Å². The number of aromatic hydroxyl groups is 1. The van der Waals surface area contributed by atoms with Gasteiger partial charge in [0.25, 0.3) is 0 Å². The fourth-order valence-electron chi connectivity index (χ4n) is 1.21. The molecule has 0 saturated heterocycles. The number of hydrogen-bond acceptors (Lipinski definition) is 4. The first kappa shape index (κ1) is 8.71. The molecule has 0 spiro atoms. The molecule has 0 amide bonds. The SMILES string of the molecule is OCc1cnnn1-c1ccccc1O. The highest BCUT2D eigenvalue weighted by Crippen LogP contribution is 2.20. The number of phenolic OH excluding ortho intramolecular Hbond substituents is 1. The minimum atomic E-state index is -0.165. The average Bonchev–Trinajstić information content (AvgIpc) is 2.66. The van der Waals surface area contributed by atoms with Crippen molar-refractivity contribution < 1.29 is 10.2 Å². The lowest BCUT2D eigenvalue weighted by atomic mass is 10.3. The number of phenols is 1. The van der Waals surface area contributed by atoms with Gasteiger partial charge in [-0.1, -0.05) is 17.3 Å². The first-order chi connectivity index (χ1) is 6.83. The van der Waals surface area contributed by atoms with E-state index in [0.717, 1.165) is 0 Å². The van der Waals surface area contributed by atoms with Gasteiger partial charge in [0.1, 0.15) is 11.4 Å². The smallest absolute Gasteiger partial charge is 0.141 e. The summed E-state index contributed by atoms with van der Waals surface area (Å²) in [5, 5.41) is 25.9. The molecule has 5 heteroatoms. The molecule has 0 unspecified atom stereocenters. The largest absolute Gasteiger partial charge is 0.506 e. The monoisotopic (exact) mass is 191 g/mol. The molecule has 72 valence electrons. The quantitative estimate of drug-likeness (QED) is 0.723. The molecule has 2 aromatic rings. The van der Waals surface area contributed by atoms with Crippen LogP contribution in [-0.4, -0.2) is 25.2 Å². The molecule has 1 aromatic heterocycles. The van der Waals surface area contributed by atoms with Crippen molar-refractivity contribution in [2.45, 2.75) is 6.61 Å². The summed E-state index contributed by atoms with van der Waals surface area (Å²) in [6.07, 6.45) is 1.45. The summed E-state index contributed by atoms with van der Waals surface area (Å²) >= 11 is 0. The van der Waals surface area contributed by atoms with E-state index in [2.05, 4.69) is 10.3 Å². The maximum Gasteiger partial charge on any atom is 0.141 e. The zero-order valence-corrected chi connectivity index (χ0v) is 7.33. The molecule has 1 heterocycles. The molecule has 2 rings (SSSR count). The maximum absolute atomic E-state index is 9.53. The van der Waals surface area contributed by atoms with Gasteiger partial charge in [0, 0.05) is 0 Å². The summed E-state index contributed by atoms with van der Waals surface area (Å²) in [5.41, 5.74) is 1.04. The second kappa shape index (κ2) is 3.47. The molecule has 2 N–H and O–H groups in total. The molecular formula is C9H9N3O2. The number of rotatable bonds is 2. The van der Waals surface area contributed by atoms with Gasteiger partial charge in [-0.15, -0.1) is 5.10 Å². The summed E-state index contributed by atoms with van der Waals surface area (Å²) in [4.78, 5) is 0. The Morgan fingerprint density at radius 1 is 1.29 bits per heavy atom. The number of aliphatic hydroxyl groups excluding tert-OH is 1. The van der Waals surface area contributed by atoms with Crippen LogP contribution >= 0.6 is 0 Å². The van der Waals surface area contributed by atoms with Gasteiger partial charge in [0.15, 0.2) is 0 Å². The number of nitrogens with zero attached hydrogens (tertiary/aromatic N) is 3. The fraction of sp³-hybridized carbons (Fsp3) is 0.111. The summed E-state index contributed by atoms with van der Waals surface area (Å²) in [7, 11) is 0. The molecule has 0 radical (unpaired) electrons. The Kier molecular flexibility index (Phi) is 2.16. The van der Waals surface area contributed by atoms with E-state index in [4.69, 9.17) is 5.11 Å². The van der Waals surface area contributed by atoms with Gasteiger partial charge >= 0.3 is 0 Å². The van der Waals surface area contributed by atoms with Gasteiger partial charge in [0.2, 0.25) is 0 Å². The van der Waals surface area contributed by atoms with Gasteiger partial charge in [-0.05, 0) is 12.1 Å². The first-order valence-corrected chi connectivity index (χ1v) is 4.11. The predicted molar refractivity (Wildman–Crippen MR) is 48.9 cm³/mol. The van der Waals surface area contributed by atoms with Gasteiger partial charge < -0.3 is 10.2 Å². The number of aromatic nitrogens is 3. The van der Waals surface area contributed by atoms with Crippen molar-refractivity contribution in [1.29, 1.82) is 0 Å². The molecule has 0 atom stereocenters. The van der Waals surface area contributed by atoms with E-state index in [0.29, 0.717) is 11.4 Å². The van der Waals surface area contributed by atoms with Crippen LogP contribution in [0.25, 0.3) is 5.69 Å². The Balaban J connectivity index is 2.54. The molecule has 0 fully saturated rings. The highest BCUT2D eigenvalue weighted by molar-refractivity contribution is 5.45. The van der Waals surface area contributed by atoms with Crippen molar-refractivity contribution in [3.8, 4) is 11.4 Å². The average molecular weight is 191 g/mol. The fourth-order valence-corrected chi connectivity index (χ4v) is 1.21. The third-order valence-electron chi connectivity index (χ3n) is 1.89. The Labute approximate surface area is 80.2 Å². The van der Waals surface area contributed by atoms with Crippen LogP contribution in [0.2, 0.25) is 0 Å². The zero-order chi connectivity index (χ0) is 9.97. The third kappa shape index (κ3) is 1.33. The van der Waals surface area contributed by atoms with Gasteiger partial charge in [-0.25, -0.2) is 4.68 Å². The molecule has 0 saturated carbocycles. The first-order valence-electron chi connectivity index (χ1n) is 4.11. The minimum Gasteiger partial charge on any atom is -0.506 e. The lowest BCUT2D eigenvalue weighted by molar-refractivity contribution is 0.273. The lowest BCUT2D eigenvalue weighted by Crippen LogP contribution is -2.02. The van der Waals surface area contributed by atoms with Crippen LogP contribution in [0, 0.1) is 0 Å². The highest BCUT2D eigenvalue weighted by atomic mass is 16.3. The second-order valence-corrected chi connectivity index (χ2v) is 2.78. The van der Waals surface area contributed by atoms with Crippen LogP contribution in [0.4, 0.5) is 0 Å². The van der Waals surface area contributed by atoms with Crippen LogP contribution in [0.15, 0.2) is 30.5 Å². The molecule has 0 aliphatic carbocycles. The Bertz CT molecular complexity index is 439. The normalized spacial score (nSPS) is 10.4. The number of aliphatic hydroxyl groups is 1. The molecule has 0 aliphatic heterocycles. The molecule has 5 nitrogen and oxygen atoms in total. The number of para-hydroxylation sites is 2. The van der Waals surface area contributed by atoms with Crippen LogP contribution < -0.4 is 0 Å². The second-order valence-electron chi connectivity index (χ2n) is 2.78. The molecule has 0 aliphatic rings. The molecule has 0 bridgehead atoms. The van der Waals surface area contributed by atoms with E-state index < -0.39 is 0 Å². The maximum atomic E-state index is 9.53. The van der Waals surface area contributed by atoms with Crippen molar-refractivity contribution in [3.05, 3.63) is 36.2 Å². The van der Waals surface area contributed by atoms with Crippen LogP contribution in [-0.2, 0) is 6.61 Å². The van der Waals surface area contributed by atoms with E-state index in [1.165, 1.54) is 10.9 Å². The predicted octanol–water partition coefficient (Wildman–Crippen LogP) is 0.465. The van der Waals surface area contributed by atoms with Crippen molar-refractivity contribution in [2.24, 2.45) is 0 Å². The van der Waals surface area contributed by atoms with Crippen LogP contribution in [0.3, 0.4) is 0 Å². The van der Waals surface area contributed by atoms with Gasteiger partial charge in [-0.3, -0.25) is 0 Å². The van der Waals surface area contributed by atoms with E-state index >= 15 is 0 Å². The summed E-state index contributed by atoms with van der Waals surface area (Å²) in [6, 6.07) is 6.74. The Hall–Kier alpha value is -1.88. The van der Waals surface area contributed by atoms with E-state index in [-0.39, 0.29) is 12.4 Å². The zero-order valence-electron chi connectivity index (χ0n) is 7.33. The molecule has 14 heavy (non-hydrogen) atoms. The van der Waals surface area contributed by atoms with E-state index in [1.807, 2.05) is 0 Å². The topological polar surface area (TPSA) is 71.2 Å². The van der Waals surface area contributed by atoms with Gasteiger partial charge in [-0.2, -0.15) is 0 Å². The minimum absolute atomic E-state index is 0.104. The van der Waals surface area contributed by atoms with E-state index in [1.54, 1.807) is 24.3 Å².